The van der Waals surface area contributed by atoms with Gasteiger partial charge in [-0.05, 0) is 25.3 Å². The van der Waals surface area contributed by atoms with Crippen LogP contribution in [0.15, 0.2) is 30.3 Å². The first kappa shape index (κ1) is 12.6. The molecule has 1 fully saturated rings. The summed E-state index contributed by atoms with van der Waals surface area (Å²) in [5, 5.41) is 0. The minimum atomic E-state index is 0.158. The van der Waals surface area contributed by atoms with E-state index in [1.165, 1.54) is 5.56 Å². The number of hydrogen-bond donors (Lipinski definition) is 2. The maximum absolute atomic E-state index is 5.89. The van der Waals surface area contributed by atoms with E-state index in [2.05, 4.69) is 38.3 Å². The third-order valence-corrected chi connectivity index (χ3v) is 4.04. The SMILES string of the molecule is CC1OC(C)C(C(NN)c2ccccc2)C1C. The fourth-order valence-corrected chi connectivity index (χ4v) is 2.96. The molecule has 3 nitrogen and oxygen atoms in total. The molecule has 94 valence electrons. The molecular formula is C14H22N2O. The Morgan fingerprint density at radius 3 is 2.24 bits per heavy atom. The summed E-state index contributed by atoms with van der Waals surface area (Å²) in [6.07, 6.45) is 0.538. The third kappa shape index (κ3) is 2.37. The lowest BCUT2D eigenvalue weighted by Gasteiger charge is -2.28. The summed E-state index contributed by atoms with van der Waals surface area (Å²) >= 11 is 0. The summed E-state index contributed by atoms with van der Waals surface area (Å²) in [6.45, 7) is 6.52. The Hall–Kier alpha value is -0.900. The summed E-state index contributed by atoms with van der Waals surface area (Å²) in [5.41, 5.74) is 4.19. The molecule has 0 radical (unpaired) electrons. The second-order valence-corrected chi connectivity index (χ2v) is 5.04. The van der Waals surface area contributed by atoms with Gasteiger partial charge in [0.25, 0.3) is 0 Å². The van der Waals surface area contributed by atoms with Crippen molar-refractivity contribution in [3.05, 3.63) is 35.9 Å². The number of hydrogen-bond acceptors (Lipinski definition) is 3. The first-order valence-electron chi connectivity index (χ1n) is 6.31. The minimum absolute atomic E-state index is 0.158. The summed E-state index contributed by atoms with van der Waals surface area (Å²) in [5.74, 6) is 6.67. The Labute approximate surface area is 103 Å². The molecule has 5 unspecified atom stereocenters. The monoisotopic (exact) mass is 234 g/mol. The third-order valence-electron chi connectivity index (χ3n) is 4.04. The molecule has 1 aromatic rings. The molecule has 3 heteroatoms. The van der Waals surface area contributed by atoms with Gasteiger partial charge in [0.2, 0.25) is 0 Å². The van der Waals surface area contributed by atoms with Gasteiger partial charge in [-0.1, -0.05) is 37.3 Å². The lowest BCUT2D eigenvalue weighted by atomic mass is 9.81. The van der Waals surface area contributed by atoms with Crippen molar-refractivity contribution < 1.29 is 4.74 Å². The summed E-state index contributed by atoms with van der Waals surface area (Å²) in [4.78, 5) is 0. The van der Waals surface area contributed by atoms with Crippen molar-refractivity contribution in [1.82, 2.24) is 5.43 Å². The number of benzene rings is 1. The van der Waals surface area contributed by atoms with E-state index < -0.39 is 0 Å². The molecule has 0 spiro atoms. The molecule has 0 amide bonds. The van der Waals surface area contributed by atoms with Crippen molar-refractivity contribution in [1.29, 1.82) is 0 Å². The van der Waals surface area contributed by atoms with Gasteiger partial charge in [0, 0.05) is 5.92 Å². The molecule has 0 aliphatic carbocycles. The Morgan fingerprint density at radius 1 is 1.12 bits per heavy atom. The number of nitrogens with one attached hydrogen (secondary N) is 1. The van der Waals surface area contributed by atoms with E-state index in [1.54, 1.807) is 0 Å². The van der Waals surface area contributed by atoms with Gasteiger partial charge in [0.05, 0.1) is 18.2 Å². The average Bonchev–Trinajstić information content (AvgIpc) is 2.58. The van der Waals surface area contributed by atoms with Crippen LogP contribution >= 0.6 is 0 Å². The van der Waals surface area contributed by atoms with Crippen LogP contribution in [0.2, 0.25) is 0 Å². The molecule has 3 N–H and O–H groups in total. The van der Waals surface area contributed by atoms with E-state index in [0.717, 1.165) is 0 Å². The van der Waals surface area contributed by atoms with Crippen LogP contribution in [0, 0.1) is 11.8 Å². The lowest BCUT2D eigenvalue weighted by molar-refractivity contribution is 0.0475. The largest absolute Gasteiger partial charge is 0.375 e. The molecule has 0 saturated carbocycles. The molecule has 1 saturated heterocycles. The topological polar surface area (TPSA) is 47.3 Å². The maximum Gasteiger partial charge on any atom is 0.0601 e. The van der Waals surface area contributed by atoms with Crippen molar-refractivity contribution in [2.75, 3.05) is 0 Å². The van der Waals surface area contributed by atoms with Gasteiger partial charge in [-0.2, -0.15) is 0 Å². The fourth-order valence-electron chi connectivity index (χ4n) is 2.96. The Kier molecular flexibility index (Phi) is 3.82. The quantitative estimate of drug-likeness (QED) is 0.623. The Balaban J connectivity index is 2.24. The van der Waals surface area contributed by atoms with Crippen molar-refractivity contribution >= 4 is 0 Å². The van der Waals surface area contributed by atoms with Crippen LogP contribution in [0.1, 0.15) is 32.4 Å². The van der Waals surface area contributed by atoms with Gasteiger partial charge in [-0.15, -0.1) is 0 Å². The zero-order chi connectivity index (χ0) is 12.4. The number of rotatable bonds is 3. The molecule has 1 aromatic carbocycles. The van der Waals surface area contributed by atoms with E-state index >= 15 is 0 Å². The normalized spacial score (nSPS) is 34.8. The molecule has 2 rings (SSSR count). The maximum atomic E-state index is 5.89. The first-order chi connectivity index (χ1) is 8.15. The highest BCUT2D eigenvalue weighted by atomic mass is 16.5. The highest BCUT2D eigenvalue weighted by Gasteiger charge is 2.41. The fraction of sp³-hybridized carbons (Fsp3) is 0.571. The van der Waals surface area contributed by atoms with E-state index in [4.69, 9.17) is 10.6 Å². The highest BCUT2D eigenvalue weighted by molar-refractivity contribution is 5.20. The molecule has 1 aliphatic heterocycles. The van der Waals surface area contributed by atoms with Crippen LogP contribution in [-0.4, -0.2) is 12.2 Å². The second kappa shape index (κ2) is 5.17. The first-order valence-corrected chi connectivity index (χ1v) is 6.31. The van der Waals surface area contributed by atoms with Gasteiger partial charge in [0.1, 0.15) is 0 Å². The number of ether oxygens (including phenoxy) is 1. The summed E-state index contributed by atoms with van der Waals surface area (Å²) < 4.78 is 5.89. The van der Waals surface area contributed by atoms with E-state index in [1.807, 2.05) is 18.2 Å². The van der Waals surface area contributed by atoms with E-state index in [0.29, 0.717) is 17.9 Å². The molecule has 5 atom stereocenters. The van der Waals surface area contributed by atoms with Crippen molar-refractivity contribution in [3.63, 3.8) is 0 Å². The van der Waals surface area contributed by atoms with Gasteiger partial charge < -0.3 is 4.74 Å². The van der Waals surface area contributed by atoms with Gasteiger partial charge >= 0.3 is 0 Å². The van der Waals surface area contributed by atoms with Gasteiger partial charge in [-0.25, -0.2) is 0 Å². The highest BCUT2D eigenvalue weighted by Crippen LogP contribution is 2.40. The molecule has 1 heterocycles. The zero-order valence-electron chi connectivity index (χ0n) is 10.8. The van der Waals surface area contributed by atoms with Crippen LogP contribution < -0.4 is 11.3 Å². The predicted octanol–water partition coefficient (Wildman–Crippen LogP) is 2.25. The van der Waals surface area contributed by atoms with Crippen molar-refractivity contribution in [3.8, 4) is 0 Å². The summed E-state index contributed by atoms with van der Waals surface area (Å²) in [7, 11) is 0. The van der Waals surface area contributed by atoms with E-state index in [9.17, 15) is 0 Å². The average molecular weight is 234 g/mol. The van der Waals surface area contributed by atoms with Crippen LogP contribution in [0.25, 0.3) is 0 Å². The smallest absolute Gasteiger partial charge is 0.0601 e. The Bertz CT molecular complexity index is 354. The van der Waals surface area contributed by atoms with Crippen LogP contribution in [0.4, 0.5) is 0 Å². The van der Waals surface area contributed by atoms with Crippen LogP contribution in [-0.2, 0) is 4.74 Å². The lowest BCUT2D eigenvalue weighted by Crippen LogP contribution is -2.38. The molecular weight excluding hydrogens is 212 g/mol. The number of hydrazine groups is 1. The molecule has 17 heavy (non-hydrogen) atoms. The second-order valence-electron chi connectivity index (χ2n) is 5.04. The van der Waals surface area contributed by atoms with Crippen LogP contribution in [0.3, 0.4) is 0 Å². The molecule has 1 aliphatic rings. The molecule has 0 aromatic heterocycles. The molecule has 0 bridgehead atoms. The van der Waals surface area contributed by atoms with Crippen molar-refractivity contribution in [2.45, 2.75) is 39.0 Å². The van der Waals surface area contributed by atoms with Crippen LogP contribution in [0.5, 0.6) is 0 Å². The minimum Gasteiger partial charge on any atom is -0.375 e. The summed E-state index contributed by atoms with van der Waals surface area (Å²) in [6, 6.07) is 10.5. The zero-order valence-corrected chi connectivity index (χ0v) is 10.8. The van der Waals surface area contributed by atoms with E-state index in [-0.39, 0.29) is 12.1 Å². The number of nitrogens with two attached hydrogens (primary N) is 1. The van der Waals surface area contributed by atoms with Gasteiger partial charge in [0.15, 0.2) is 0 Å². The Morgan fingerprint density at radius 2 is 1.76 bits per heavy atom. The predicted molar refractivity (Wildman–Crippen MR) is 69.2 cm³/mol. The van der Waals surface area contributed by atoms with Crippen molar-refractivity contribution in [2.24, 2.45) is 17.7 Å². The van der Waals surface area contributed by atoms with Gasteiger partial charge in [-0.3, -0.25) is 11.3 Å². The standard InChI is InChI=1S/C14H22N2O/c1-9-10(2)17-11(3)13(9)14(16-15)12-7-5-4-6-8-12/h4-11,13-14,16H,15H2,1-3H3.